The molecule has 1 heterocycles. The van der Waals surface area contributed by atoms with E-state index in [9.17, 15) is 0 Å². The maximum atomic E-state index is 2.42. The summed E-state index contributed by atoms with van der Waals surface area (Å²) in [5, 5.41) is 0. The van der Waals surface area contributed by atoms with E-state index in [1.807, 2.05) is 0 Å². The largest absolute Gasteiger partial charge is 0.256 e. The number of rotatable bonds is 0. The Hall–Kier alpha value is 0.350. The van der Waals surface area contributed by atoms with E-state index in [2.05, 4.69) is 13.2 Å². The van der Waals surface area contributed by atoms with Crippen LogP contribution < -0.4 is 0 Å². The summed E-state index contributed by atoms with van der Waals surface area (Å²) in [6.45, 7) is 2.37. The fraction of sp³-hybridized carbons (Fsp3) is 1.00. The van der Waals surface area contributed by atoms with Gasteiger partial charge in [-0.2, -0.15) is 0 Å². The minimum atomic E-state index is 0.496. The van der Waals surface area contributed by atoms with Crippen LogP contribution in [-0.4, -0.2) is 17.8 Å². The molecule has 0 N–H and O–H groups in total. The van der Waals surface area contributed by atoms with Crippen molar-refractivity contribution < 1.29 is 0 Å². The zero-order chi connectivity index (χ0) is 5.28. The van der Waals surface area contributed by atoms with Crippen molar-refractivity contribution >= 4 is 10.9 Å². The number of hydrogen-bond donors (Lipinski definition) is 1. The Labute approximate surface area is 48.6 Å². The molecule has 0 nitrogen and oxygen atoms in total. The normalized spacial score (nSPS) is 47.1. The fourth-order valence-corrected chi connectivity index (χ4v) is 3.47. The van der Waals surface area contributed by atoms with Crippen LogP contribution in [0, 0.1) is 5.92 Å². The summed E-state index contributed by atoms with van der Waals surface area (Å²) in [6, 6.07) is 0. The standard InChI is InChI=1S/C6H14S/c1-6-3-4-7(2)5-6/h6-7H,3-5H2,1-2H3. The van der Waals surface area contributed by atoms with E-state index >= 15 is 0 Å². The summed E-state index contributed by atoms with van der Waals surface area (Å²) in [4.78, 5) is 0. The first-order valence-corrected chi connectivity index (χ1v) is 5.13. The minimum absolute atomic E-state index is 0.496. The van der Waals surface area contributed by atoms with E-state index in [1.165, 1.54) is 17.9 Å². The van der Waals surface area contributed by atoms with Gasteiger partial charge in [0.05, 0.1) is 0 Å². The molecule has 0 amide bonds. The molecule has 0 bridgehead atoms. The van der Waals surface area contributed by atoms with Crippen molar-refractivity contribution in [3.8, 4) is 0 Å². The second kappa shape index (κ2) is 2.08. The molecule has 0 saturated carbocycles. The van der Waals surface area contributed by atoms with Gasteiger partial charge in [0.25, 0.3) is 0 Å². The van der Waals surface area contributed by atoms with Gasteiger partial charge in [0.2, 0.25) is 0 Å². The molecule has 1 aliphatic rings. The lowest BCUT2D eigenvalue weighted by Crippen LogP contribution is -1.87. The minimum Gasteiger partial charge on any atom is -0.256 e. The summed E-state index contributed by atoms with van der Waals surface area (Å²) in [6.07, 6.45) is 3.92. The van der Waals surface area contributed by atoms with Crippen molar-refractivity contribution in [1.82, 2.24) is 0 Å². The summed E-state index contributed by atoms with van der Waals surface area (Å²) in [7, 11) is 0.496. The highest BCUT2D eigenvalue weighted by atomic mass is 32.2. The van der Waals surface area contributed by atoms with Gasteiger partial charge in [-0.15, -0.1) is 0 Å². The molecule has 1 rings (SSSR count). The van der Waals surface area contributed by atoms with E-state index in [-0.39, 0.29) is 0 Å². The lowest BCUT2D eigenvalue weighted by molar-refractivity contribution is 0.669. The average Bonchev–Trinajstić information content (AvgIpc) is 1.87. The van der Waals surface area contributed by atoms with Crippen molar-refractivity contribution in [1.29, 1.82) is 0 Å². The summed E-state index contributed by atoms with van der Waals surface area (Å²) in [5.74, 6) is 4.13. The molecule has 1 heteroatoms. The highest BCUT2D eigenvalue weighted by Gasteiger charge is 2.12. The van der Waals surface area contributed by atoms with Crippen molar-refractivity contribution in [3.63, 3.8) is 0 Å². The molecule has 1 aliphatic heterocycles. The van der Waals surface area contributed by atoms with Crippen LogP contribution in [0.2, 0.25) is 0 Å². The molecule has 0 spiro atoms. The topological polar surface area (TPSA) is 0 Å². The van der Waals surface area contributed by atoms with Crippen LogP contribution in [0.1, 0.15) is 13.3 Å². The monoisotopic (exact) mass is 118 g/mol. The van der Waals surface area contributed by atoms with Crippen LogP contribution >= 0.6 is 10.9 Å². The van der Waals surface area contributed by atoms with E-state index in [1.54, 1.807) is 0 Å². The first-order chi connectivity index (χ1) is 3.29. The highest BCUT2D eigenvalue weighted by molar-refractivity contribution is 8.16. The van der Waals surface area contributed by atoms with Gasteiger partial charge in [-0.25, -0.2) is 0 Å². The van der Waals surface area contributed by atoms with Crippen molar-refractivity contribution in [2.24, 2.45) is 5.92 Å². The molecule has 44 valence electrons. The molecular formula is C6H14S. The first-order valence-electron chi connectivity index (χ1n) is 2.97. The Morgan fingerprint density at radius 1 is 1.57 bits per heavy atom. The molecule has 1 saturated heterocycles. The summed E-state index contributed by atoms with van der Waals surface area (Å²) in [5.41, 5.74) is 0. The lowest BCUT2D eigenvalue weighted by Gasteiger charge is -2.02. The molecule has 0 aromatic carbocycles. The zero-order valence-electron chi connectivity index (χ0n) is 5.15. The predicted octanol–water partition coefficient (Wildman–Crippen LogP) is 1.66. The quantitative estimate of drug-likeness (QED) is 0.459. The van der Waals surface area contributed by atoms with E-state index in [0.29, 0.717) is 10.9 Å². The smallest absolute Gasteiger partial charge is 0.0229 e. The molecule has 1 fully saturated rings. The highest BCUT2D eigenvalue weighted by Crippen LogP contribution is 2.33. The Bertz CT molecular complexity index is 53.2. The fourth-order valence-electron chi connectivity index (χ4n) is 1.16. The van der Waals surface area contributed by atoms with E-state index < -0.39 is 0 Å². The first kappa shape index (κ1) is 5.49. The molecule has 2 atom stereocenters. The van der Waals surface area contributed by atoms with Crippen LogP contribution in [0.3, 0.4) is 0 Å². The van der Waals surface area contributed by atoms with Crippen LogP contribution in [-0.2, 0) is 0 Å². The Morgan fingerprint density at radius 2 is 2.29 bits per heavy atom. The summed E-state index contributed by atoms with van der Waals surface area (Å²) >= 11 is 0. The molecule has 0 radical (unpaired) electrons. The van der Waals surface area contributed by atoms with Crippen LogP contribution in [0.15, 0.2) is 0 Å². The van der Waals surface area contributed by atoms with Gasteiger partial charge in [0.1, 0.15) is 0 Å². The number of hydrogen-bond acceptors (Lipinski definition) is 0. The van der Waals surface area contributed by atoms with E-state index in [4.69, 9.17) is 0 Å². The molecule has 0 aliphatic carbocycles. The Morgan fingerprint density at radius 3 is 2.43 bits per heavy atom. The van der Waals surface area contributed by atoms with Gasteiger partial charge >= 0.3 is 0 Å². The third kappa shape index (κ3) is 1.37. The van der Waals surface area contributed by atoms with Gasteiger partial charge in [0.15, 0.2) is 0 Å². The van der Waals surface area contributed by atoms with Crippen LogP contribution in [0.5, 0.6) is 0 Å². The second-order valence-electron chi connectivity index (χ2n) is 2.66. The lowest BCUT2D eigenvalue weighted by atomic mass is 10.2. The molecule has 0 aromatic rings. The average molecular weight is 118 g/mol. The second-order valence-corrected chi connectivity index (χ2v) is 5.18. The molecular weight excluding hydrogens is 104 g/mol. The molecule has 7 heavy (non-hydrogen) atoms. The Balaban J connectivity index is 2.26. The van der Waals surface area contributed by atoms with Crippen molar-refractivity contribution in [2.75, 3.05) is 17.8 Å². The third-order valence-electron chi connectivity index (χ3n) is 1.63. The molecule has 2 unspecified atom stereocenters. The van der Waals surface area contributed by atoms with Gasteiger partial charge in [-0.05, 0) is 30.1 Å². The molecule has 0 aromatic heterocycles. The maximum Gasteiger partial charge on any atom is -0.0229 e. The zero-order valence-corrected chi connectivity index (χ0v) is 6.04. The van der Waals surface area contributed by atoms with E-state index in [0.717, 1.165) is 5.92 Å². The number of thiol groups is 1. The summed E-state index contributed by atoms with van der Waals surface area (Å²) < 4.78 is 0. The van der Waals surface area contributed by atoms with Gasteiger partial charge in [0, 0.05) is 0 Å². The van der Waals surface area contributed by atoms with Gasteiger partial charge in [-0.3, -0.25) is 10.9 Å². The van der Waals surface area contributed by atoms with Crippen LogP contribution in [0.25, 0.3) is 0 Å². The van der Waals surface area contributed by atoms with Crippen molar-refractivity contribution in [3.05, 3.63) is 0 Å². The predicted molar refractivity (Wildman–Crippen MR) is 38.4 cm³/mol. The van der Waals surface area contributed by atoms with Gasteiger partial charge < -0.3 is 0 Å². The van der Waals surface area contributed by atoms with Crippen LogP contribution in [0.4, 0.5) is 0 Å². The Kier molecular flexibility index (Phi) is 1.63. The SMILES string of the molecule is CC1CC[SH](C)C1. The third-order valence-corrected chi connectivity index (χ3v) is 3.90. The van der Waals surface area contributed by atoms with Crippen molar-refractivity contribution in [2.45, 2.75) is 13.3 Å². The maximum absolute atomic E-state index is 2.42. The van der Waals surface area contributed by atoms with Gasteiger partial charge in [-0.1, -0.05) is 6.92 Å².